The lowest BCUT2D eigenvalue weighted by molar-refractivity contribution is 0.402. The molecule has 0 saturated carbocycles. The number of rotatable bonds is 3. The van der Waals surface area contributed by atoms with Crippen molar-refractivity contribution in [3.8, 4) is 0 Å². The monoisotopic (exact) mass is 198 g/mol. The van der Waals surface area contributed by atoms with Crippen LogP contribution < -0.4 is 5.73 Å². The molecule has 1 rings (SSSR count). The third-order valence-electron chi connectivity index (χ3n) is 1.87. The molecule has 2 nitrogen and oxygen atoms in total. The van der Waals surface area contributed by atoms with Crippen LogP contribution >= 0.6 is 11.6 Å². The molecule has 0 saturated heterocycles. The molecule has 0 aromatic heterocycles. The summed E-state index contributed by atoms with van der Waals surface area (Å²) in [7, 11) is 4.04. The summed E-state index contributed by atoms with van der Waals surface area (Å²) in [5.41, 5.74) is 7.70. The van der Waals surface area contributed by atoms with E-state index in [0.717, 1.165) is 22.7 Å². The second-order valence-corrected chi connectivity index (χ2v) is 3.71. The van der Waals surface area contributed by atoms with Gasteiger partial charge < -0.3 is 10.6 Å². The van der Waals surface area contributed by atoms with Gasteiger partial charge in [-0.15, -0.1) is 0 Å². The highest BCUT2D eigenvalue weighted by atomic mass is 35.5. The molecule has 0 amide bonds. The number of halogens is 1. The highest BCUT2D eigenvalue weighted by molar-refractivity contribution is 6.32. The first-order chi connectivity index (χ1) is 6.15. The van der Waals surface area contributed by atoms with Gasteiger partial charge in [-0.3, -0.25) is 0 Å². The average Bonchev–Trinajstić information content (AvgIpc) is 2.08. The van der Waals surface area contributed by atoms with Crippen LogP contribution in [0.25, 0.3) is 0 Å². The van der Waals surface area contributed by atoms with Crippen molar-refractivity contribution in [1.82, 2.24) is 4.90 Å². The Hall–Kier alpha value is -0.570. The van der Waals surface area contributed by atoms with E-state index in [0.29, 0.717) is 6.54 Å². The quantitative estimate of drug-likeness (QED) is 0.804. The SMILES string of the molecule is CN(C)Cc1cccc(CN)c1Cl. The Kier molecular flexibility index (Phi) is 3.72. The first kappa shape index (κ1) is 10.5. The number of hydrogen-bond donors (Lipinski definition) is 1. The van der Waals surface area contributed by atoms with Crippen LogP contribution in [0, 0.1) is 0 Å². The van der Waals surface area contributed by atoms with E-state index in [1.54, 1.807) is 0 Å². The third-order valence-corrected chi connectivity index (χ3v) is 2.35. The van der Waals surface area contributed by atoms with Crippen molar-refractivity contribution in [2.24, 2.45) is 5.73 Å². The number of benzene rings is 1. The summed E-state index contributed by atoms with van der Waals surface area (Å²) in [6.07, 6.45) is 0. The van der Waals surface area contributed by atoms with Gasteiger partial charge in [0.25, 0.3) is 0 Å². The van der Waals surface area contributed by atoms with E-state index in [4.69, 9.17) is 17.3 Å². The Bertz CT molecular complexity index is 284. The molecular weight excluding hydrogens is 184 g/mol. The Balaban J connectivity index is 2.94. The van der Waals surface area contributed by atoms with Gasteiger partial charge in [0.05, 0.1) is 0 Å². The largest absolute Gasteiger partial charge is 0.326 e. The molecule has 0 heterocycles. The molecule has 72 valence electrons. The summed E-state index contributed by atoms with van der Waals surface area (Å²) in [6.45, 7) is 1.35. The fourth-order valence-corrected chi connectivity index (χ4v) is 1.52. The van der Waals surface area contributed by atoms with Gasteiger partial charge in [-0.25, -0.2) is 0 Å². The smallest absolute Gasteiger partial charge is 0.0495 e. The minimum Gasteiger partial charge on any atom is -0.326 e. The number of nitrogens with two attached hydrogens (primary N) is 1. The summed E-state index contributed by atoms with van der Waals surface area (Å²) >= 11 is 6.15. The van der Waals surface area contributed by atoms with Gasteiger partial charge in [-0.1, -0.05) is 29.8 Å². The van der Waals surface area contributed by atoms with E-state index in [-0.39, 0.29) is 0 Å². The van der Waals surface area contributed by atoms with Crippen molar-refractivity contribution in [2.75, 3.05) is 14.1 Å². The fourth-order valence-electron chi connectivity index (χ4n) is 1.25. The Morgan fingerprint density at radius 1 is 1.31 bits per heavy atom. The first-order valence-corrected chi connectivity index (χ1v) is 4.64. The Morgan fingerprint density at radius 2 is 1.92 bits per heavy atom. The van der Waals surface area contributed by atoms with Crippen LogP contribution in [0.15, 0.2) is 18.2 Å². The average molecular weight is 199 g/mol. The lowest BCUT2D eigenvalue weighted by Gasteiger charge is -2.12. The third kappa shape index (κ3) is 2.69. The van der Waals surface area contributed by atoms with Crippen molar-refractivity contribution >= 4 is 11.6 Å². The highest BCUT2D eigenvalue weighted by Gasteiger charge is 2.04. The summed E-state index contributed by atoms with van der Waals surface area (Å²) in [5, 5.41) is 0.804. The molecule has 0 aliphatic rings. The van der Waals surface area contributed by atoms with E-state index >= 15 is 0 Å². The van der Waals surface area contributed by atoms with E-state index in [2.05, 4.69) is 4.90 Å². The van der Waals surface area contributed by atoms with E-state index in [9.17, 15) is 0 Å². The summed E-state index contributed by atoms with van der Waals surface area (Å²) in [4.78, 5) is 2.08. The van der Waals surface area contributed by atoms with Gasteiger partial charge in [-0.2, -0.15) is 0 Å². The molecule has 13 heavy (non-hydrogen) atoms. The first-order valence-electron chi connectivity index (χ1n) is 4.26. The zero-order chi connectivity index (χ0) is 9.84. The molecule has 1 aromatic carbocycles. The van der Waals surface area contributed by atoms with Gasteiger partial charge >= 0.3 is 0 Å². The van der Waals surface area contributed by atoms with Gasteiger partial charge in [-0.05, 0) is 25.2 Å². The standard InChI is InChI=1S/C10H15ClN2/c1-13(2)7-9-5-3-4-8(6-12)10(9)11/h3-5H,6-7,12H2,1-2H3. The normalized spacial score (nSPS) is 10.8. The minimum absolute atomic E-state index is 0.500. The van der Waals surface area contributed by atoms with Crippen LogP contribution in [-0.4, -0.2) is 19.0 Å². The topological polar surface area (TPSA) is 29.3 Å². The molecule has 0 spiro atoms. The second-order valence-electron chi connectivity index (χ2n) is 3.33. The van der Waals surface area contributed by atoms with Gasteiger partial charge in [0, 0.05) is 18.1 Å². The van der Waals surface area contributed by atoms with E-state index in [1.165, 1.54) is 0 Å². The number of hydrogen-bond acceptors (Lipinski definition) is 2. The number of nitrogens with zero attached hydrogens (tertiary/aromatic N) is 1. The van der Waals surface area contributed by atoms with Crippen LogP contribution in [0.3, 0.4) is 0 Å². The lowest BCUT2D eigenvalue weighted by atomic mass is 10.1. The molecule has 0 atom stereocenters. The summed E-state index contributed by atoms with van der Waals surface area (Å²) in [5.74, 6) is 0. The van der Waals surface area contributed by atoms with Crippen LogP contribution in [-0.2, 0) is 13.1 Å². The molecule has 0 aliphatic carbocycles. The van der Waals surface area contributed by atoms with Crippen LogP contribution in [0.5, 0.6) is 0 Å². The van der Waals surface area contributed by atoms with Gasteiger partial charge in [0.15, 0.2) is 0 Å². The van der Waals surface area contributed by atoms with E-state index in [1.807, 2.05) is 32.3 Å². The predicted octanol–water partition coefficient (Wildman–Crippen LogP) is 1.86. The molecule has 0 radical (unpaired) electrons. The van der Waals surface area contributed by atoms with Crippen LogP contribution in [0.2, 0.25) is 5.02 Å². The fraction of sp³-hybridized carbons (Fsp3) is 0.400. The van der Waals surface area contributed by atoms with Crippen LogP contribution in [0.1, 0.15) is 11.1 Å². The zero-order valence-electron chi connectivity index (χ0n) is 8.05. The Labute approximate surface area is 84.3 Å². The van der Waals surface area contributed by atoms with Crippen molar-refractivity contribution in [1.29, 1.82) is 0 Å². The minimum atomic E-state index is 0.500. The maximum Gasteiger partial charge on any atom is 0.0495 e. The molecule has 0 unspecified atom stereocenters. The Morgan fingerprint density at radius 3 is 2.46 bits per heavy atom. The summed E-state index contributed by atoms with van der Waals surface area (Å²) < 4.78 is 0. The van der Waals surface area contributed by atoms with Crippen molar-refractivity contribution in [2.45, 2.75) is 13.1 Å². The molecule has 1 aromatic rings. The van der Waals surface area contributed by atoms with E-state index < -0.39 is 0 Å². The molecule has 3 heteroatoms. The molecular formula is C10H15ClN2. The molecule has 2 N–H and O–H groups in total. The van der Waals surface area contributed by atoms with Gasteiger partial charge in [0.1, 0.15) is 0 Å². The summed E-state index contributed by atoms with van der Waals surface area (Å²) in [6, 6.07) is 5.98. The zero-order valence-corrected chi connectivity index (χ0v) is 8.80. The molecule has 0 aliphatic heterocycles. The van der Waals surface area contributed by atoms with Gasteiger partial charge in [0.2, 0.25) is 0 Å². The van der Waals surface area contributed by atoms with Crippen molar-refractivity contribution in [3.63, 3.8) is 0 Å². The maximum absolute atomic E-state index is 6.15. The molecule has 0 fully saturated rings. The maximum atomic E-state index is 6.15. The van der Waals surface area contributed by atoms with Crippen molar-refractivity contribution < 1.29 is 0 Å². The predicted molar refractivity (Wildman–Crippen MR) is 56.7 cm³/mol. The van der Waals surface area contributed by atoms with Crippen LogP contribution in [0.4, 0.5) is 0 Å². The molecule has 0 bridgehead atoms. The highest BCUT2D eigenvalue weighted by Crippen LogP contribution is 2.21. The van der Waals surface area contributed by atoms with Crippen molar-refractivity contribution in [3.05, 3.63) is 34.3 Å². The lowest BCUT2D eigenvalue weighted by Crippen LogP contribution is -2.11. The second kappa shape index (κ2) is 4.61.